The Labute approximate surface area is 230 Å². The molecule has 3 aromatic rings. The number of ether oxygens (including phenoxy) is 3. The van der Waals surface area contributed by atoms with Gasteiger partial charge in [-0.05, 0) is 31.4 Å². The number of nitrogens with zero attached hydrogens (tertiary/aromatic N) is 1. The average Bonchev–Trinajstić information content (AvgIpc) is 2.91. The number of carbonyl (C=O) groups is 4. The molecule has 0 saturated carbocycles. The topological polar surface area (TPSA) is 154 Å². The zero-order chi connectivity index (χ0) is 29.1. The number of rotatable bonds is 12. The van der Waals surface area contributed by atoms with Gasteiger partial charge in [0, 0.05) is 26.0 Å². The van der Waals surface area contributed by atoms with E-state index >= 15 is 0 Å². The van der Waals surface area contributed by atoms with E-state index in [0.717, 1.165) is 17.3 Å². The lowest BCUT2D eigenvalue weighted by atomic mass is 9.98. The van der Waals surface area contributed by atoms with E-state index in [1.165, 1.54) is 6.92 Å². The van der Waals surface area contributed by atoms with Crippen molar-refractivity contribution in [2.45, 2.75) is 58.5 Å². The molecule has 0 fully saturated rings. The van der Waals surface area contributed by atoms with Crippen LogP contribution in [-0.2, 0) is 19.0 Å². The molecular formula is C29H31N3O8. The number of benzene rings is 2. The number of hydrogen-bond donors (Lipinski definition) is 2. The van der Waals surface area contributed by atoms with Crippen LogP contribution in [0.2, 0.25) is 0 Å². The molecule has 1 amide bonds. The number of H-pyrrole nitrogens is 1. The number of aromatic amines is 1. The Kier molecular flexibility index (Phi) is 10.7. The van der Waals surface area contributed by atoms with Gasteiger partial charge in [0.25, 0.3) is 11.5 Å². The zero-order valence-corrected chi connectivity index (χ0v) is 22.4. The summed E-state index contributed by atoms with van der Waals surface area (Å²) in [5, 5.41) is 2.86. The molecule has 1 atom stereocenters. The fraction of sp³-hybridized carbons (Fsp3) is 0.310. The molecule has 1 aromatic heterocycles. The van der Waals surface area contributed by atoms with Crippen molar-refractivity contribution in [3.05, 3.63) is 99.7 Å². The first-order valence-electron chi connectivity index (χ1n) is 12.7. The van der Waals surface area contributed by atoms with Gasteiger partial charge in [-0.2, -0.15) is 0 Å². The van der Waals surface area contributed by atoms with E-state index in [1.54, 1.807) is 13.8 Å². The number of esters is 1. The number of ketones is 1. The summed E-state index contributed by atoms with van der Waals surface area (Å²) >= 11 is 0. The van der Waals surface area contributed by atoms with Gasteiger partial charge < -0.3 is 24.5 Å². The Balaban J connectivity index is 1.56. The van der Waals surface area contributed by atoms with Crippen LogP contribution in [0.5, 0.6) is 0 Å². The quantitative estimate of drug-likeness (QED) is 0.193. The first kappa shape index (κ1) is 29.8. The Morgan fingerprint density at radius 3 is 2.00 bits per heavy atom. The lowest BCUT2D eigenvalue weighted by Gasteiger charge is -2.19. The normalized spacial score (nSPS) is 11.5. The third-order valence-corrected chi connectivity index (χ3v) is 5.53. The summed E-state index contributed by atoms with van der Waals surface area (Å²) in [6.07, 6.45) is -1.60. The minimum absolute atomic E-state index is 0.0998. The maximum Gasteiger partial charge on any atom is 0.511 e. The summed E-state index contributed by atoms with van der Waals surface area (Å²) in [6.45, 7) is 4.65. The van der Waals surface area contributed by atoms with E-state index in [4.69, 9.17) is 14.2 Å². The smallest absolute Gasteiger partial charge is 0.431 e. The molecule has 0 bridgehead atoms. The van der Waals surface area contributed by atoms with E-state index in [2.05, 4.69) is 15.3 Å². The average molecular weight is 550 g/mol. The molecule has 210 valence electrons. The van der Waals surface area contributed by atoms with Gasteiger partial charge in [-0.3, -0.25) is 19.2 Å². The summed E-state index contributed by atoms with van der Waals surface area (Å²) < 4.78 is 14.5. The molecule has 1 unspecified atom stereocenters. The highest BCUT2D eigenvalue weighted by Gasteiger charge is 2.21. The molecule has 0 saturated heterocycles. The summed E-state index contributed by atoms with van der Waals surface area (Å²) in [4.78, 5) is 67.9. The van der Waals surface area contributed by atoms with Crippen molar-refractivity contribution in [1.29, 1.82) is 0 Å². The molecule has 11 heteroatoms. The Morgan fingerprint density at radius 2 is 1.45 bits per heavy atom. The van der Waals surface area contributed by atoms with Gasteiger partial charge >= 0.3 is 12.1 Å². The van der Waals surface area contributed by atoms with Gasteiger partial charge in [-0.15, -0.1) is 0 Å². The minimum Gasteiger partial charge on any atom is -0.431 e. The van der Waals surface area contributed by atoms with E-state index in [9.17, 15) is 24.0 Å². The lowest BCUT2D eigenvalue weighted by Crippen LogP contribution is -2.34. The number of amides is 1. The SMILES string of the molecule is CC(C)OC(=O)OC(C)OC(=O)CCCC(=O)c1ncc(C(=O)NC(c2ccccc2)c2ccccc2)c(=O)[nH]1. The van der Waals surface area contributed by atoms with Crippen LogP contribution in [0.15, 0.2) is 71.7 Å². The summed E-state index contributed by atoms with van der Waals surface area (Å²) in [7, 11) is 0. The Hall–Kier alpha value is -4.80. The van der Waals surface area contributed by atoms with Crippen molar-refractivity contribution < 1.29 is 33.4 Å². The number of hydrogen-bond acceptors (Lipinski definition) is 9. The molecule has 0 spiro atoms. The molecule has 0 radical (unpaired) electrons. The first-order valence-corrected chi connectivity index (χ1v) is 12.7. The van der Waals surface area contributed by atoms with Gasteiger partial charge in [0.2, 0.25) is 6.29 Å². The van der Waals surface area contributed by atoms with Gasteiger partial charge in [-0.25, -0.2) is 9.78 Å². The number of nitrogens with one attached hydrogen (secondary N) is 2. The molecular weight excluding hydrogens is 518 g/mol. The highest BCUT2D eigenvalue weighted by Crippen LogP contribution is 2.22. The molecule has 3 rings (SSSR count). The van der Waals surface area contributed by atoms with E-state index in [-0.39, 0.29) is 36.8 Å². The molecule has 40 heavy (non-hydrogen) atoms. The predicted molar refractivity (Wildman–Crippen MR) is 143 cm³/mol. The summed E-state index contributed by atoms with van der Waals surface area (Å²) in [5.41, 5.74) is 0.637. The van der Waals surface area contributed by atoms with E-state index in [1.807, 2.05) is 60.7 Å². The molecule has 2 aromatic carbocycles. The predicted octanol–water partition coefficient (Wildman–Crippen LogP) is 4.09. The zero-order valence-electron chi connectivity index (χ0n) is 22.4. The molecule has 1 heterocycles. The van der Waals surface area contributed by atoms with Gasteiger partial charge in [0.1, 0.15) is 5.56 Å². The lowest BCUT2D eigenvalue weighted by molar-refractivity contribution is -0.168. The van der Waals surface area contributed by atoms with E-state index in [0.29, 0.717) is 0 Å². The maximum absolute atomic E-state index is 13.0. The summed E-state index contributed by atoms with van der Waals surface area (Å²) in [6, 6.07) is 18.1. The van der Waals surface area contributed by atoms with Crippen LogP contribution in [0.3, 0.4) is 0 Å². The van der Waals surface area contributed by atoms with Crippen LogP contribution in [0.1, 0.15) is 78.2 Å². The molecule has 0 aliphatic heterocycles. The van der Waals surface area contributed by atoms with E-state index < -0.39 is 41.7 Å². The second-order valence-electron chi connectivity index (χ2n) is 9.07. The second-order valence-corrected chi connectivity index (χ2v) is 9.07. The number of aromatic nitrogens is 2. The van der Waals surface area contributed by atoms with Crippen LogP contribution in [0, 0.1) is 0 Å². The van der Waals surface area contributed by atoms with Crippen molar-refractivity contribution in [1.82, 2.24) is 15.3 Å². The monoisotopic (exact) mass is 549 g/mol. The third kappa shape index (κ3) is 8.90. The van der Waals surface area contributed by atoms with Crippen molar-refractivity contribution in [3.63, 3.8) is 0 Å². The van der Waals surface area contributed by atoms with Crippen molar-refractivity contribution in [2.75, 3.05) is 0 Å². The standard InChI is InChI=1S/C29H31N3O8/c1-18(2)38-29(37)40-19(3)39-24(34)16-10-15-23(33)26-30-17-22(28(36)32-26)27(35)31-25(20-11-6-4-7-12-20)21-13-8-5-9-14-21/h4-9,11-14,17-19,25H,10,15-16H2,1-3H3,(H,31,35)(H,30,32,36). The van der Waals surface area contributed by atoms with Crippen LogP contribution >= 0.6 is 0 Å². The molecule has 2 N–H and O–H groups in total. The first-order chi connectivity index (χ1) is 19.1. The largest absolute Gasteiger partial charge is 0.511 e. The number of Topliss-reactive ketones (excluding diaryl/α,β-unsaturated/α-hetero) is 1. The fourth-order valence-electron chi connectivity index (χ4n) is 3.69. The van der Waals surface area contributed by atoms with Crippen LogP contribution in [-0.4, -0.2) is 46.2 Å². The van der Waals surface area contributed by atoms with Crippen molar-refractivity contribution in [3.8, 4) is 0 Å². The number of carbonyl (C=O) groups excluding carboxylic acids is 4. The van der Waals surface area contributed by atoms with Crippen LogP contribution in [0.25, 0.3) is 0 Å². The van der Waals surface area contributed by atoms with Gasteiger partial charge in [0.15, 0.2) is 11.6 Å². The molecule has 0 aliphatic carbocycles. The fourth-order valence-corrected chi connectivity index (χ4v) is 3.69. The Bertz CT molecular complexity index is 1330. The van der Waals surface area contributed by atoms with Gasteiger partial charge in [-0.1, -0.05) is 60.7 Å². The van der Waals surface area contributed by atoms with Crippen molar-refractivity contribution in [2.24, 2.45) is 0 Å². The maximum atomic E-state index is 13.0. The highest BCUT2D eigenvalue weighted by molar-refractivity contribution is 5.95. The highest BCUT2D eigenvalue weighted by atomic mass is 16.8. The van der Waals surface area contributed by atoms with Crippen LogP contribution < -0.4 is 10.9 Å². The second kappa shape index (κ2) is 14.4. The summed E-state index contributed by atoms with van der Waals surface area (Å²) in [5.74, 6) is -2.09. The van der Waals surface area contributed by atoms with Gasteiger partial charge in [0.05, 0.1) is 12.1 Å². The Morgan fingerprint density at radius 1 is 0.850 bits per heavy atom. The molecule has 11 nitrogen and oxygen atoms in total. The van der Waals surface area contributed by atoms with Crippen LogP contribution in [0.4, 0.5) is 4.79 Å². The van der Waals surface area contributed by atoms with Crippen molar-refractivity contribution >= 4 is 23.8 Å². The minimum atomic E-state index is -1.16. The molecule has 0 aliphatic rings. The third-order valence-electron chi connectivity index (χ3n) is 5.53.